The summed E-state index contributed by atoms with van der Waals surface area (Å²) in [4.78, 5) is 0. The number of piperidine rings is 3. The standard InChI is InChI=1S/C28H48N2/c1-29(19-12-13-20-29)18-10-5-3-2-4-6-11-21-30-22-16-27(17-23-30)28(25-30)24-26-14-8-7-9-15-26/h7-9,14-15,27-28H,2-6,10-13,16-25H2,1H3/q+2. The lowest BCUT2D eigenvalue weighted by molar-refractivity contribution is -0.947. The van der Waals surface area contributed by atoms with Gasteiger partial charge in [-0.2, -0.15) is 0 Å². The molecule has 1 atom stereocenters. The van der Waals surface area contributed by atoms with Gasteiger partial charge in [0.1, 0.15) is 0 Å². The topological polar surface area (TPSA) is 0 Å². The zero-order valence-corrected chi connectivity index (χ0v) is 19.9. The smallest absolute Gasteiger partial charge is 0.0821 e. The van der Waals surface area contributed by atoms with E-state index in [-0.39, 0.29) is 0 Å². The Kier molecular flexibility index (Phi) is 7.92. The fraction of sp³-hybridized carbons (Fsp3) is 0.786. The summed E-state index contributed by atoms with van der Waals surface area (Å²) >= 11 is 0. The summed E-state index contributed by atoms with van der Waals surface area (Å²) in [6, 6.07) is 11.3. The molecule has 168 valence electrons. The summed E-state index contributed by atoms with van der Waals surface area (Å²) < 4.78 is 2.83. The maximum absolute atomic E-state index is 2.48. The maximum Gasteiger partial charge on any atom is 0.0821 e. The SMILES string of the molecule is C[N+]1(CCCCCCCCC[N+]23CCC(CC2)C(Cc2ccccc2)C3)CCCC1. The molecule has 0 radical (unpaired) electrons. The number of hydrogen-bond acceptors (Lipinski definition) is 0. The van der Waals surface area contributed by atoms with Crippen LogP contribution in [-0.4, -0.2) is 61.8 Å². The van der Waals surface area contributed by atoms with E-state index >= 15 is 0 Å². The van der Waals surface area contributed by atoms with Crippen LogP contribution in [0.4, 0.5) is 0 Å². The minimum Gasteiger partial charge on any atom is -0.326 e. The highest BCUT2D eigenvalue weighted by molar-refractivity contribution is 5.15. The van der Waals surface area contributed by atoms with Crippen molar-refractivity contribution in [3.05, 3.63) is 35.9 Å². The lowest BCUT2D eigenvalue weighted by atomic mass is 9.74. The van der Waals surface area contributed by atoms with Crippen molar-refractivity contribution >= 4 is 0 Å². The van der Waals surface area contributed by atoms with Crippen molar-refractivity contribution in [2.45, 2.75) is 77.0 Å². The first-order chi connectivity index (χ1) is 14.7. The molecule has 0 aliphatic carbocycles. The Morgan fingerprint density at radius 1 is 0.733 bits per heavy atom. The number of benzene rings is 1. The molecule has 4 heterocycles. The van der Waals surface area contributed by atoms with E-state index < -0.39 is 0 Å². The molecule has 4 fully saturated rings. The van der Waals surface area contributed by atoms with Crippen LogP contribution >= 0.6 is 0 Å². The van der Waals surface area contributed by atoms with Crippen molar-refractivity contribution in [3.8, 4) is 0 Å². The van der Waals surface area contributed by atoms with Crippen LogP contribution in [0.2, 0.25) is 0 Å². The van der Waals surface area contributed by atoms with Crippen molar-refractivity contribution in [2.24, 2.45) is 11.8 Å². The van der Waals surface area contributed by atoms with Gasteiger partial charge in [-0.3, -0.25) is 0 Å². The molecule has 2 bridgehead atoms. The molecule has 1 aromatic carbocycles. The third kappa shape index (κ3) is 6.10. The van der Waals surface area contributed by atoms with E-state index in [1.54, 1.807) is 5.56 Å². The molecule has 4 aliphatic heterocycles. The fourth-order valence-electron chi connectivity index (χ4n) is 7.05. The van der Waals surface area contributed by atoms with Gasteiger partial charge in [-0.1, -0.05) is 49.6 Å². The molecule has 1 aromatic rings. The predicted molar refractivity (Wildman–Crippen MR) is 128 cm³/mol. The van der Waals surface area contributed by atoms with Crippen LogP contribution in [0.3, 0.4) is 0 Å². The molecule has 0 amide bonds. The monoisotopic (exact) mass is 412 g/mol. The van der Waals surface area contributed by atoms with E-state index in [1.165, 1.54) is 132 Å². The number of hydrogen-bond donors (Lipinski definition) is 0. The van der Waals surface area contributed by atoms with Gasteiger partial charge in [-0.05, 0) is 43.6 Å². The molecular weight excluding hydrogens is 364 g/mol. The van der Waals surface area contributed by atoms with Crippen molar-refractivity contribution in [2.75, 3.05) is 52.9 Å². The third-order valence-electron chi connectivity index (χ3n) is 9.05. The molecule has 2 nitrogen and oxygen atoms in total. The normalized spacial score (nSPS) is 30.0. The average Bonchev–Trinajstić information content (AvgIpc) is 3.20. The van der Waals surface area contributed by atoms with E-state index in [0.29, 0.717) is 0 Å². The van der Waals surface area contributed by atoms with E-state index in [9.17, 15) is 0 Å². The molecule has 0 aromatic heterocycles. The number of rotatable bonds is 12. The van der Waals surface area contributed by atoms with Gasteiger partial charge in [-0.15, -0.1) is 0 Å². The number of nitrogens with zero attached hydrogens (tertiary/aromatic N) is 2. The van der Waals surface area contributed by atoms with Crippen LogP contribution in [-0.2, 0) is 6.42 Å². The maximum atomic E-state index is 2.48. The van der Waals surface area contributed by atoms with Gasteiger partial charge in [0.15, 0.2) is 0 Å². The summed E-state index contributed by atoms with van der Waals surface area (Å²) in [7, 11) is 2.48. The summed E-state index contributed by atoms with van der Waals surface area (Å²) in [5, 5.41) is 0. The minimum atomic E-state index is 0.940. The largest absolute Gasteiger partial charge is 0.326 e. The summed E-state index contributed by atoms with van der Waals surface area (Å²) in [5.74, 6) is 1.95. The van der Waals surface area contributed by atoms with Gasteiger partial charge >= 0.3 is 0 Å². The van der Waals surface area contributed by atoms with Crippen molar-refractivity contribution in [1.29, 1.82) is 0 Å². The Morgan fingerprint density at radius 2 is 1.33 bits per heavy atom. The van der Waals surface area contributed by atoms with Crippen LogP contribution in [0.25, 0.3) is 0 Å². The molecule has 1 unspecified atom stereocenters. The summed E-state index contributed by atoms with van der Waals surface area (Å²) in [6.07, 6.45) is 17.5. The Hall–Kier alpha value is -0.860. The molecular formula is C28H48N2+2. The summed E-state index contributed by atoms with van der Waals surface area (Å²) in [5.41, 5.74) is 1.56. The first-order valence-corrected chi connectivity index (χ1v) is 13.4. The lowest BCUT2D eigenvalue weighted by Gasteiger charge is -2.53. The van der Waals surface area contributed by atoms with Gasteiger partial charge < -0.3 is 8.97 Å². The molecule has 0 N–H and O–H groups in total. The van der Waals surface area contributed by atoms with Gasteiger partial charge in [0.25, 0.3) is 0 Å². The zero-order valence-electron chi connectivity index (χ0n) is 19.9. The Labute approximate surface area is 186 Å². The minimum absolute atomic E-state index is 0.940. The number of likely N-dealkylation sites (tertiary alicyclic amines) is 1. The number of quaternary nitrogens is 2. The van der Waals surface area contributed by atoms with Crippen LogP contribution in [0.15, 0.2) is 30.3 Å². The van der Waals surface area contributed by atoms with E-state index in [2.05, 4.69) is 37.4 Å². The highest BCUT2D eigenvalue weighted by atomic mass is 15.4. The first-order valence-electron chi connectivity index (χ1n) is 13.4. The highest BCUT2D eigenvalue weighted by Crippen LogP contribution is 2.39. The molecule has 4 saturated heterocycles. The summed E-state index contributed by atoms with van der Waals surface area (Å²) in [6.45, 7) is 10.2. The molecule has 30 heavy (non-hydrogen) atoms. The molecule has 0 spiro atoms. The second kappa shape index (κ2) is 10.6. The average molecular weight is 413 g/mol. The second-order valence-electron chi connectivity index (χ2n) is 11.5. The van der Waals surface area contributed by atoms with Gasteiger partial charge in [0.2, 0.25) is 0 Å². The molecule has 0 saturated carbocycles. The van der Waals surface area contributed by atoms with Crippen molar-refractivity contribution in [1.82, 2.24) is 0 Å². The van der Waals surface area contributed by atoms with Crippen molar-refractivity contribution < 1.29 is 8.97 Å². The quantitative estimate of drug-likeness (QED) is 0.289. The Balaban J connectivity index is 1.08. The van der Waals surface area contributed by atoms with Crippen LogP contribution < -0.4 is 0 Å². The van der Waals surface area contributed by atoms with Gasteiger partial charge in [-0.25, -0.2) is 0 Å². The zero-order chi connectivity index (χ0) is 20.7. The Bertz CT molecular complexity index is 611. The highest BCUT2D eigenvalue weighted by Gasteiger charge is 2.45. The number of fused-ring (bicyclic) bond motifs is 3. The second-order valence-corrected chi connectivity index (χ2v) is 11.5. The molecule has 4 aliphatic rings. The first kappa shape index (κ1) is 22.3. The lowest BCUT2D eigenvalue weighted by Crippen LogP contribution is -2.62. The van der Waals surface area contributed by atoms with E-state index in [1.807, 2.05) is 0 Å². The van der Waals surface area contributed by atoms with Crippen LogP contribution in [0, 0.1) is 11.8 Å². The van der Waals surface area contributed by atoms with Gasteiger partial charge in [0.05, 0.1) is 52.9 Å². The molecule has 2 heteroatoms. The predicted octanol–water partition coefficient (Wildman–Crippen LogP) is 6.06. The third-order valence-corrected chi connectivity index (χ3v) is 9.05. The van der Waals surface area contributed by atoms with E-state index in [4.69, 9.17) is 0 Å². The molecule has 5 rings (SSSR count). The Morgan fingerprint density at radius 3 is 2.00 bits per heavy atom. The van der Waals surface area contributed by atoms with Gasteiger partial charge in [0, 0.05) is 31.6 Å². The number of unbranched alkanes of at least 4 members (excludes halogenated alkanes) is 6. The van der Waals surface area contributed by atoms with Crippen molar-refractivity contribution in [3.63, 3.8) is 0 Å². The van der Waals surface area contributed by atoms with Crippen LogP contribution in [0.1, 0.15) is 76.2 Å². The van der Waals surface area contributed by atoms with Crippen LogP contribution in [0.5, 0.6) is 0 Å². The fourth-order valence-corrected chi connectivity index (χ4v) is 7.05. The van der Waals surface area contributed by atoms with E-state index in [0.717, 1.165) is 11.8 Å².